The zero-order chi connectivity index (χ0) is 18.2. The zero-order valence-electron chi connectivity index (χ0n) is 14.9. The molecule has 25 heavy (non-hydrogen) atoms. The molecule has 0 aliphatic heterocycles. The van der Waals surface area contributed by atoms with Crippen molar-refractivity contribution in [2.24, 2.45) is 0 Å². The van der Waals surface area contributed by atoms with Gasteiger partial charge in [-0.1, -0.05) is 42.5 Å². The molecule has 0 saturated heterocycles. The summed E-state index contributed by atoms with van der Waals surface area (Å²) in [5, 5.41) is 8.86. The Morgan fingerprint density at radius 2 is 1.72 bits per heavy atom. The fraction of sp³-hybridized carbons (Fsp3) is 0.300. The van der Waals surface area contributed by atoms with Crippen molar-refractivity contribution in [3.8, 4) is 0 Å². The van der Waals surface area contributed by atoms with Gasteiger partial charge in [-0.25, -0.2) is 0 Å². The van der Waals surface area contributed by atoms with E-state index in [1.807, 2.05) is 62.4 Å². The SMILES string of the molecule is CNC(=O)c1cccc(CN[C@@H](C(=O)NC(C)C)c2ccccc2)c1. The van der Waals surface area contributed by atoms with Gasteiger partial charge >= 0.3 is 0 Å². The van der Waals surface area contributed by atoms with E-state index in [0.717, 1.165) is 11.1 Å². The molecule has 0 saturated carbocycles. The minimum atomic E-state index is -0.452. The van der Waals surface area contributed by atoms with Crippen LogP contribution in [0.2, 0.25) is 0 Å². The van der Waals surface area contributed by atoms with E-state index in [1.165, 1.54) is 0 Å². The van der Waals surface area contributed by atoms with Crippen LogP contribution in [-0.4, -0.2) is 24.9 Å². The van der Waals surface area contributed by atoms with E-state index in [9.17, 15) is 9.59 Å². The molecular formula is C20H25N3O2. The summed E-state index contributed by atoms with van der Waals surface area (Å²) in [7, 11) is 1.61. The number of nitrogens with one attached hydrogen (secondary N) is 3. The van der Waals surface area contributed by atoms with Gasteiger partial charge in [0.1, 0.15) is 6.04 Å². The Bertz CT molecular complexity index is 714. The Labute approximate surface area is 148 Å². The summed E-state index contributed by atoms with van der Waals surface area (Å²) in [6.07, 6.45) is 0. The Balaban J connectivity index is 2.15. The van der Waals surface area contributed by atoms with E-state index < -0.39 is 6.04 Å². The molecule has 0 heterocycles. The molecule has 0 unspecified atom stereocenters. The van der Waals surface area contributed by atoms with Crippen LogP contribution in [0.5, 0.6) is 0 Å². The van der Waals surface area contributed by atoms with Gasteiger partial charge in [0.25, 0.3) is 5.91 Å². The minimum Gasteiger partial charge on any atom is -0.355 e. The zero-order valence-corrected chi connectivity index (χ0v) is 14.9. The van der Waals surface area contributed by atoms with E-state index in [2.05, 4.69) is 16.0 Å². The molecule has 0 aliphatic carbocycles. The van der Waals surface area contributed by atoms with Crippen molar-refractivity contribution in [2.45, 2.75) is 32.5 Å². The average molecular weight is 339 g/mol. The van der Waals surface area contributed by atoms with Crippen LogP contribution in [0, 0.1) is 0 Å². The first-order chi connectivity index (χ1) is 12.0. The van der Waals surface area contributed by atoms with E-state index >= 15 is 0 Å². The summed E-state index contributed by atoms with van der Waals surface area (Å²) in [5.41, 5.74) is 2.45. The molecule has 132 valence electrons. The van der Waals surface area contributed by atoms with Gasteiger partial charge in [-0.15, -0.1) is 0 Å². The maximum absolute atomic E-state index is 12.6. The summed E-state index contributed by atoms with van der Waals surface area (Å²) < 4.78 is 0. The van der Waals surface area contributed by atoms with Gasteiger partial charge in [0.15, 0.2) is 0 Å². The minimum absolute atomic E-state index is 0.0661. The summed E-state index contributed by atoms with van der Waals surface area (Å²) in [6.45, 7) is 4.36. The van der Waals surface area contributed by atoms with Crippen molar-refractivity contribution in [3.63, 3.8) is 0 Å². The average Bonchev–Trinajstić information content (AvgIpc) is 2.61. The first-order valence-corrected chi connectivity index (χ1v) is 8.41. The molecule has 0 spiro atoms. The summed E-state index contributed by atoms with van der Waals surface area (Å²) in [4.78, 5) is 24.3. The molecular weight excluding hydrogens is 314 g/mol. The highest BCUT2D eigenvalue weighted by molar-refractivity contribution is 5.94. The Morgan fingerprint density at radius 3 is 2.36 bits per heavy atom. The van der Waals surface area contributed by atoms with Gasteiger partial charge in [-0.2, -0.15) is 0 Å². The van der Waals surface area contributed by atoms with Crippen molar-refractivity contribution in [1.29, 1.82) is 0 Å². The normalized spacial score (nSPS) is 11.8. The fourth-order valence-electron chi connectivity index (χ4n) is 2.56. The molecule has 5 nitrogen and oxygen atoms in total. The van der Waals surface area contributed by atoms with Crippen LogP contribution in [0.3, 0.4) is 0 Å². The molecule has 2 rings (SSSR count). The van der Waals surface area contributed by atoms with Crippen LogP contribution < -0.4 is 16.0 Å². The quantitative estimate of drug-likeness (QED) is 0.725. The number of hydrogen-bond acceptors (Lipinski definition) is 3. The lowest BCUT2D eigenvalue weighted by Gasteiger charge is -2.20. The van der Waals surface area contributed by atoms with Gasteiger partial charge in [0, 0.05) is 25.2 Å². The van der Waals surface area contributed by atoms with E-state index in [1.54, 1.807) is 13.1 Å². The highest BCUT2D eigenvalue weighted by Crippen LogP contribution is 2.15. The lowest BCUT2D eigenvalue weighted by molar-refractivity contribution is -0.123. The highest BCUT2D eigenvalue weighted by atomic mass is 16.2. The third-order valence-electron chi connectivity index (χ3n) is 3.75. The maximum atomic E-state index is 12.6. The van der Waals surface area contributed by atoms with Crippen molar-refractivity contribution >= 4 is 11.8 Å². The van der Waals surface area contributed by atoms with Crippen LogP contribution >= 0.6 is 0 Å². The van der Waals surface area contributed by atoms with Crippen molar-refractivity contribution in [2.75, 3.05) is 7.05 Å². The van der Waals surface area contributed by atoms with Crippen molar-refractivity contribution < 1.29 is 9.59 Å². The maximum Gasteiger partial charge on any atom is 0.251 e. The fourth-order valence-corrected chi connectivity index (χ4v) is 2.56. The van der Waals surface area contributed by atoms with Crippen LogP contribution in [0.25, 0.3) is 0 Å². The second-order valence-corrected chi connectivity index (χ2v) is 6.17. The Hall–Kier alpha value is -2.66. The summed E-state index contributed by atoms with van der Waals surface area (Å²) >= 11 is 0. The molecule has 5 heteroatoms. The molecule has 2 aromatic carbocycles. The smallest absolute Gasteiger partial charge is 0.251 e. The van der Waals surface area contributed by atoms with Crippen LogP contribution in [-0.2, 0) is 11.3 Å². The third kappa shape index (κ3) is 5.43. The van der Waals surface area contributed by atoms with Crippen LogP contribution in [0.1, 0.15) is 41.4 Å². The topological polar surface area (TPSA) is 70.2 Å². The largest absolute Gasteiger partial charge is 0.355 e. The number of carbonyl (C=O) groups is 2. The molecule has 3 N–H and O–H groups in total. The first-order valence-electron chi connectivity index (χ1n) is 8.41. The van der Waals surface area contributed by atoms with Gasteiger partial charge in [0.2, 0.25) is 5.91 Å². The number of carbonyl (C=O) groups excluding carboxylic acids is 2. The highest BCUT2D eigenvalue weighted by Gasteiger charge is 2.20. The standard InChI is InChI=1S/C20H25N3O2/c1-14(2)23-20(25)18(16-9-5-4-6-10-16)22-13-15-8-7-11-17(12-15)19(24)21-3/h4-12,14,18,22H,13H2,1-3H3,(H,21,24)(H,23,25)/t18-/m1/s1. The molecule has 1 atom stereocenters. The van der Waals surface area contributed by atoms with E-state index in [0.29, 0.717) is 12.1 Å². The first kappa shape index (κ1) is 18.7. The number of hydrogen-bond donors (Lipinski definition) is 3. The molecule has 0 aromatic heterocycles. The molecule has 2 amide bonds. The molecule has 0 fully saturated rings. The van der Waals surface area contributed by atoms with Crippen molar-refractivity contribution in [3.05, 3.63) is 71.3 Å². The predicted molar refractivity (Wildman–Crippen MR) is 99.1 cm³/mol. The van der Waals surface area contributed by atoms with Gasteiger partial charge in [0.05, 0.1) is 0 Å². The Morgan fingerprint density at radius 1 is 1.00 bits per heavy atom. The third-order valence-corrected chi connectivity index (χ3v) is 3.75. The van der Waals surface area contributed by atoms with Gasteiger partial charge in [-0.05, 0) is 37.1 Å². The lowest BCUT2D eigenvalue weighted by atomic mass is 10.0. The molecule has 0 bridgehead atoms. The lowest BCUT2D eigenvalue weighted by Crippen LogP contribution is -2.40. The Kier molecular flexibility index (Phi) is 6.71. The van der Waals surface area contributed by atoms with Crippen LogP contribution in [0.15, 0.2) is 54.6 Å². The number of rotatable bonds is 7. The van der Waals surface area contributed by atoms with E-state index in [4.69, 9.17) is 0 Å². The monoisotopic (exact) mass is 339 g/mol. The summed E-state index contributed by atoms with van der Waals surface area (Å²) in [5.74, 6) is -0.192. The van der Waals surface area contributed by atoms with Crippen molar-refractivity contribution in [1.82, 2.24) is 16.0 Å². The van der Waals surface area contributed by atoms with Gasteiger partial charge < -0.3 is 10.6 Å². The number of benzene rings is 2. The predicted octanol–water partition coefficient (Wildman–Crippen LogP) is 2.40. The summed E-state index contributed by atoms with van der Waals surface area (Å²) in [6, 6.07) is 16.6. The second kappa shape index (κ2) is 8.99. The van der Waals surface area contributed by atoms with E-state index in [-0.39, 0.29) is 17.9 Å². The molecule has 0 aliphatic rings. The number of amides is 2. The van der Waals surface area contributed by atoms with Gasteiger partial charge in [-0.3, -0.25) is 14.9 Å². The van der Waals surface area contributed by atoms with Crippen LogP contribution in [0.4, 0.5) is 0 Å². The molecule has 0 radical (unpaired) electrons. The molecule has 2 aromatic rings. The second-order valence-electron chi connectivity index (χ2n) is 6.17.